The number of amides is 4. The van der Waals surface area contributed by atoms with E-state index in [1.165, 1.54) is 11.8 Å². The average Bonchev–Trinajstić information content (AvgIpc) is 3.14. The second-order valence-electron chi connectivity index (χ2n) is 8.35. The highest BCUT2D eigenvalue weighted by atomic mass is 16.4. The zero-order valence-electron chi connectivity index (χ0n) is 18.7. The van der Waals surface area contributed by atoms with Crippen molar-refractivity contribution in [3.05, 3.63) is 65.4 Å². The van der Waals surface area contributed by atoms with E-state index in [9.17, 15) is 19.5 Å². The standard InChI is InChI=1S/C24H26N4O5/c1-14-4-6-17(7-5-14)13-27-22(25-19-8-9-20-18(11-19)10-16(3)33-20)26-23(31)28(24(27)32)12-15(2)21(29)30/h4-11,15,22,25H,12-13H2,1-3H3,(H,26,31)(H,29,30)/t15-,22?/m0/s1. The number of carboxylic acids is 1. The summed E-state index contributed by atoms with van der Waals surface area (Å²) in [6.45, 7) is 5.30. The van der Waals surface area contributed by atoms with Crippen LogP contribution in [0.4, 0.5) is 15.3 Å². The molecule has 33 heavy (non-hydrogen) atoms. The molecular weight excluding hydrogens is 424 g/mol. The molecule has 4 amide bonds. The van der Waals surface area contributed by atoms with Gasteiger partial charge in [0.15, 0.2) is 6.29 Å². The Bertz CT molecular complexity index is 1200. The second-order valence-corrected chi connectivity index (χ2v) is 8.35. The van der Waals surface area contributed by atoms with Crippen molar-refractivity contribution in [2.45, 2.75) is 33.6 Å². The third-order valence-corrected chi connectivity index (χ3v) is 5.59. The van der Waals surface area contributed by atoms with E-state index in [0.717, 1.165) is 32.8 Å². The van der Waals surface area contributed by atoms with Crippen molar-refractivity contribution >= 4 is 34.7 Å². The number of imide groups is 1. The molecule has 0 aliphatic carbocycles. The Morgan fingerprint density at radius 2 is 1.88 bits per heavy atom. The minimum Gasteiger partial charge on any atom is -0.481 e. The first-order chi connectivity index (χ1) is 15.7. The highest BCUT2D eigenvalue weighted by Gasteiger charge is 2.39. The number of hydrogen-bond donors (Lipinski definition) is 3. The van der Waals surface area contributed by atoms with Crippen molar-refractivity contribution in [3.8, 4) is 0 Å². The predicted octanol–water partition coefficient (Wildman–Crippen LogP) is 4.11. The van der Waals surface area contributed by atoms with Gasteiger partial charge in [0.05, 0.1) is 12.5 Å². The Labute approximate surface area is 191 Å². The lowest BCUT2D eigenvalue weighted by molar-refractivity contribution is -0.141. The molecule has 172 valence electrons. The quantitative estimate of drug-likeness (QED) is 0.499. The largest absolute Gasteiger partial charge is 0.481 e. The SMILES string of the molecule is Cc1ccc(CN2C(=O)N(C[C@H](C)C(=O)O)C(=O)NC2Nc2ccc3oc(C)cc3c2)cc1. The number of anilines is 1. The van der Waals surface area contributed by atoms with E-state index in [-0.39, 0.29) is 13.1 Å². The number of carboxylic acid groups (broad SMARTS) is 1. The van der Waals surface area contributed by atoms with Crippen LogP contribution in [0.2, 0.25) is 0 Å². The summed E-state index contributed by atoms with van der Waals surface area (Å²) in [5, 5.41) is 16.1. The van der Waals surface area contributed by atoms with E-state index in [1.807, 2.05) is 62.4 Å². The number of nitrogens with one attached hydrogen (secondary N) is 2. The Balaban J connectivity index is 1.62. The van der Waals surface area contributed by atoms with E-state index in [1.54, 1.807) is 0 Å². The topological polar surface area (TPSA) is 115 Å². The highest BCUT2D eigenvalue weighted by molar-refractivity contribution is 5.97. The molecule has 1 aromatic heterocycles. The molecule has 9 nitrogen and oxygen atoms in total. The maximum Gasteiger partial charge on any atom is 0.331 e. The number of urea groups is 2. The van der Waals surface area contributed by atoms with Crippen molar-refractivity contribution in [3.63, 3.8) is 0 Å². The van der Waals surface area contributed by atoms with Gasteiger partial charge in [-0.05, 0) is 43.7 Å². The Hall–Kier alpha value is -4.01. The number of aliphatic carboxylic acids is 1. The molecule has 1 aliphatic rings. The molecule has 2 heterocycles. The van der Waals surface area contributed by atoms with Crippen molar-refractivity contribution < 1.29 is 23.9 Å². The lowest BCUT2D eigenvalue weighted by Crippen LogP contribution is -2.67. The fraction of sp³-hybridized carbons (Fsp3) is 0.292. The molecule has 0 spiro atoms. The number of carbonyl (C=O) groups is 3. The maximum absolute atomic E-state index is 13.3. The van der Waals surface area contributed by atoms with Crippen LogP contribution in [0, 0.1) is 19.8 Å². The van der Waals surface area contributed by atoms with Gasteiger partial charge in [-0.2, -0.15) is 0 Å². The molecule has 0 saturated carbocycles. The third kappa shape index (κ3) is 4.77. The summed E-state index contributed by atoms with van der Waals surface area (Å²) in [7, 11) is 0. The zero-order chi connectivity index (χ0) is 23.7. The minimum atomic E-state index is -1.08. The van der Waals surface area contributed by atoms with E-state index in [4.69, 9.17) is 4.42 Å². The molecule has 0 bridgehead atoms. The van der Waals surface area contributed by atoms with Crippen LogP contribution in [0.3, 0.4) is 0 Å². The lowest BCUT2D eigenvalue weighted by Gasteiger charge is -2.41. The first-order valence-electron chi connectivity index (χ1n) is 10.6. The molecule has 1 saturated heterocycles. The molecule has 9 heteroatoms. The van der Waals surface area contributed by atoms with Crippen LogP contribution >= 0.6 is 0 Å². The summed E-state index contributed by atoms with van der Waals surface area (Å²) in [4.78, 5) is 39.8. The number of benzene rings is 2. The summed E-state index contributed by atoms with van der Waals surface area (Å²) in [6.07, 6.45) is -0.826. The highest BCUT2D eigenvalue weighted by Crippen LogP contribution is 2.25. The van der Waals surface area contributed by atoms with Crippen LogP contribution in [0.15, 0.2) is 52.9 Å². The van der Waals surface area contributed by atoms with Gasteiger partial charge in [-0.3, -0.25) is 15.0 Å². The van der Waals surface area contributed by atoms with Crippen molar-refractivity contribution in [2.75, 3.05) is 11.9 Å². The zero-order valence-corrected chi connectivity index (χ0v) is 18.7. The van der Waals surface area contributed by atoms with Crippen molar-refractivity contribution in [1.82, 2.24) is 15.1 Å². The van der Waals surface area contributed by atoms with Gasteiger partial charge in [0.25, 0.3) is 0 Å². The summed E-state index contributed by atoms with van der Waals surface area (Å²) in [6, 6.07) is 13.9. The number of fused-ring (bicyclic) bond motifs is 1. The van der Waals surface area contributed by atoms with E-state index in [0.29, 0.717) is 5.69 Å². The van der Waals surface area contributed by atoms with Crippen LogP contribution in [-0.4, -0.2) is 45.8 Å². The van der Waals surface area contributed by atoms with E-state index >= 15 is 0 Å². The fourth-order valence-corrected chi connectivity index (χ4v) is 3.72. The van der Waals surface area contributed by atoms with Crippen molar-refractivity contribution in [2.24, 2.45) is 5.92 Å². The van der Waals surface area contributed by atoms with Crippen LogP contribution in [0.25, 0.3) is 11.0 Å². The van der Waals surface area contributed by atoms with Crippen molar-refractivity contribution in [1.29, 1.82) is 0 Å². The molecule has 0 radical (unpaired) electrons. The number of aryl methyl sites for hydroxylation is 2. The molecule has 3 N–H and O–H groups in total. The van der Waals surface area contributed by atoms with Gasteiger partial charge in [0, 0.05) is 17.6 Å². The van der Waals surface area contributed by atoms with Gasteiger partial charge >= 0.3 is 18.0 Å². The summed E-state index contributed by atoms with van der Waals surface area (Å²) < 4.78 is 5.61. The van der Waals surface area contributed by atoms with E-state index < -0.39 is 30.2 Å². The fourth-order valence-electron chi connectivity index (χ4n) is 3.72. The Morgan fingerprint density at radius 1 is 1.15 bits per heavy atom. The normalized spacial score (nSPS) is 17.2. The number of carbonyl (C=O) groups excluding carboxylic acids is 2. The molecule has 2 atom stereocenters. The summed E-state index contributed by atoms with van der Waals surface area (Å²) >= 11 is 0. The predicted molar refractivity (Wildman–Crippen MR) is 123 cm³/mol. The van der Waals surface area contributed by atoms with Gasteiger partial charge in [0.1, 0.15) is 11.3 Å². The minimum absolute atomic E-state index is 0.224. The number of furan rings is 1. The summed E-state index contributed by atoms with van der Waals surface area (Å²) in [5.74, 6) is -1.19. The number of hydrogen-bond acceptors (Lipinski definition) is 5. The van der Waals surface area contributed by atoms with Gasteiger partial charge in [-0.1, -0.05) is 36.8 Å². The van der Waals surface area contributed by atoms with Gasteiger partial charge in [0.2, 0.25) is 0 Å². The molecule has 1 fully saturated rings. The maximum atomic E-state index is 13.3. The first kappa shape index (κ1) is 22.2. The Kier molecular flexibility index (Phi) is 5.95. The van der Waals surface area contributed by atoms with Gasteiger partial charge < -0.3 is 14.8 Å². The molecule has 2 aromatic carbocycles. The number of nitrogens with zero attached hydrogens (tertiary/aromatic N) is 2. The van der Waals surface area contributed by atoms with Gasteiger partial charge in [-0.25, -0.2) is 14.5 Å². The van der Waals surface area contributed by atoms with Crippen LogP contribution in [0.1, 0.15) is 23.8 Å². The molecular formula is C24H26N4O5. The summed E-state index contributed by atoms with van der Waals surface area (Å²) in [5.41, 5.74) is 3.41. The average molecular weight is 450 g/mol. The molecule has 1 unspecified atom stereocenters. The molecule has 3 aromatic rings. The second kappa shape index (κ2) is 8.85. The van der Waals surface area contributed by atoms with Crippen LogP contribution in [0.5, 0.6) is 0 Å². The smallest absolute Gasteiger partial charge is 0.331 e. The third-order valence-electron chi connectivity index (χ3n) is 5.59. The molecule has 4 rings (SSSR count). The van der Waals surface area contributed by atoms with Crippen LogP contribution in [-0.2, 0) is 11.3 Å². The monoisotopic (exact) mass is 450 g/mol. The van der Waals surface area contributed by atoms with Crippen LogP contribution < -0.4 is 10.6 Å². The molecule has 1 aliphatic heterocycles. The lowest BCUT2D eigenvalue weighted by atomic mass is 10.1. The first-order valence-corrected chi connectivity index (χ1v) is 10.6. The Morgan fingerprint density at radius 3 is 2.58 bits per heavy atom. The van der Waals surface area contributed by atoms with Gasteiger partial charge in [-0.15, -0.1) is 0 Å². The van der Waals surface area contributed by atoms with E-state index in [2.05, 4.69) is 10.6 Å². The number of rotatable bonds is 7.